The van der Waals surface area contributed by atoms with Gasteiger partial charge in [0.25, 0.3) is 0 Å². The summed E-state index contributed by atoms with van der Waals surface area (Å²) in [5.41, 5.74) is 1.81. The quantitative estimate of drug-likeness (QED) is 0.436. The second-order valence-corrected chi connectivity index (χ2v) is 7.54. The summed E-state index contributed by atoms with van der Waals surface area (Å²) in [5.74, 6) is -0.482. The predicted octanol–water partition coefficient (Wildman–Crippen LogP) is 6.33. The molecular formula is C18H14BrCl2N3O3. The fourth-order valence-electron chi connectivity index (χ4n) is 2.39. The van der Waals surface area contributed by atoms with Gasteiger partial charge in [-0.3, -0.25) is 4.79 Å². The fourth-order valence-corrected chi connectivity index (χ4v) is 3.19. The maximum absolute atomic E-state index is 12.2. The van der Waals surface area contributed by atoms with Crippen LogP contribution in [0.4, 0.5) is 5.69 Å². The molecule has 0 unspecified atom stereocenters. The van der Waals surface area contributed by atoms with Crippen molar-refractivity contribution in [3.8, 4) is 11.6 Å². The standard InChI is InChI=1S/C18H14BrCl2N3O3/c1-8-5-11-14(7-12(8)19)22-18(26)16(11)23-24-17(25)9(2)27-15-4-3-10(20)6-13(15)21/h3-7,9,22,26H,1-2H3/t9-/m1/s1. The first kappa shape index (κ1) is 19.7. The zero-order valence-electron chi connectivity index (χ0n) is 14.3. The number of hydrogen-bond donors (Lipinski definition) is 2. The number of aromatic hydroxyl groups is 1. The summed E-state index contributed by atoms with van der Waals surface area (Å²) in [4.78, 5) is 15.0. The summed E-state index contributed by atoms with van der Waals surface area (Å²) in [7, 11) is 0. The van der Waals surface area contributed by atoms with Gasteiger partial charge in [-0.1, -0.05) is 39.1 Å². The highest BCUT2D eigenvalue weighted by Gasteiger charge is 2.18. The van der Waals surface area contributed by atoms with Crippen LogP contribution in [0.1, 0.15) is 12.5 Å². The molecule has 27 heavy (non-hydrogen) atoms. The number of ether oxygens (including phenoxy) is 1. The van der Waals surface area contributed by atoms with Crippen molar-refractivity contribution in [1.82, 2.24) is 4.98 Å². The van der Waals surface area contributed by atoms with Crippen molar-refractivity contribution >= 4 is 61.6 Å². The van der Waals surface area contributed by atoms with E-state index in [-0.39, 0.29) is 16.6 Å². The van der Waals surface area contributed by atoms with Crippen LogP contribution in [-0.4, -0.2) is 22.1 Å². The molecule has 2 aromatic carbocycles. The topological polar surface area (TPSA) is 87.0 Å². The average Bonchev–Trinajstić information content (AvgIpc) is 2.90. The molecule has 0 bridgehead atoms. The molecule has 0 saturated carbocycles. The van der Waals surface area contributed by atoms with Crippen LogP contribution >= 0.6 is 39.1 Å². The molecule has 1 amide bonds. The van der Waals surface area contributed by atoms with Gasteiger partial charge in [0.15, 0.2) is 11.8 Å². The number of nitrogens with zero attached hydrogens (tertiary/aromatic N) is 2. The minimum absolute atomic E-state index is 0.173. The Hall–Kier alpha value is -2.09. The van der Waals surface area contributed by atoms with Crippen LogP contribution in [0.2, 0.25) is 10.0 Å². The first-order valence-electron chi connectivity index (χ1n) is 7.84. The van der Waals surface area contributed by atoms with Gasteiger partial charge in [-0.15, -0.1) is 10.2 Å². The van der Waals surface area contributed by atoms with E-state index < -0.39 is 12.0 Å². The lowest BCUT2D eigenvalue weighted by atomic mass is 10.1. The highest BCUT2D eigenvalue weighted by atomic mass is 79.9. The minimum Gasteiger partial charge on any atom is -0.493 e. The molecule has 2 N–H and O–H groups in total. The monoisotopic (exact) mass is 469 g/mol. The summed E-state index contributed by atoms with van der Waals surface area (Å²) in [6.07, 6.45) is -0.921. The summed E-state index contributed by atoms with van der Waals surface area (Å²) in [6.45, 7) is 3.44. The number of aromatic nitrogens is 1. The smallest absolute Gasteiger partial charge is 0.304 e. The first-order chi connectivity index (χ1) is 12.8. The van der Waals surface area contributed by atoms with E-state index in [0.717, 1.165) is 10.0 Å². The average molecular weight is 471 g/mol. The van der Waals surface area contributed by atoms with E-state index in [1.165, 1.54) is 13.0 Å². The largest absolute Gasteiger partial charge is 0.493 e. The van der Waals surface area contributed by atoms with Crippen LogP contribution in [0.5, 0.6) is 11.6 Å². The van der Waals surface area contributed by atoms with Gasteiger partial charge in [0.1, 0.15) is 5.75 Å². The van der Waals surface area contributed by atoms with Crippen LogP contribution in [-0.2, 0) is 4.79 Å². The van der Waals surface area contributed by atoms with E-state index in [1.54, 1.807) is 12.1 Å². The predicted molar refractivity (Wildman–Crippen MR) is 108 cm³/mol. The van der Waals surface area contributed by atoms with Crippen LogP contribution in [0.3, 0.4) is 0 Å². The molecule has 9 heteroatoms. The zero-order chi connectivity index (χ0) is 19.7. The Morgan fingerprint density at radius 3 is 2.74 bits per heavy atom. The van der Waals surface area contributed by atoms with Crippen molar-refractivity contribution in [2.45, 2.75) is 20.0 Å². The number of carbonyl (C=O) groups excluding carboxylic acids is 1. The highest BCUT2D eigenvalue weighted by molar-refractivity contribution is 9.10. The number of amides is 1. The van der Waals surface area contributed by atoms with Crippen molar-refractivity contribution in [2.75, 3.05) is 0 Å². The Labute approximate surface area is 173 Å². The summed E-state index contributed by atoms with van der Waals surface area (Å²) >= 11 is 15.3. The van der Waals surface area contributed by atoms with E-state index in [2.05, 4.69) is 31.1 Å². The van der Waals surface area contributed by atoms with Crippen LogP contribution in [0.15, 0.2) is 45.0 Å². The molecule has 6 nitrogen and oxygen atoms in total. The Balaban J connectivity index is 1.81. The molecule has 140 valence electrons. The van der Waals surface area contributed by atoms with Crippen molar-refractivity contribution in [1.29, 1.82) is 0 Å². The van der Waals surface area contributed by atoms with Gasteiger partial charge in [-0.2, -0.15) is 0 Å². The Morgan fingerprint density at radius 1 is 1.30 bits per heavy atom. The molecule has 0 spiro atoms. The van der Waals surface area contributed by atoms with Gasteiger partial charge in [-0.25, -0.2) is 0 Å². The van der Waals surface area contributed by atoms with E-state index in [1.807, 2.05) is 19.1 Å². The summed E-state index contributed by atoms with van der Waals surface area (Å²) < 4.78 is 6.40. The van der Waals surface area contributed by atoms with Crippen LogP contribution in [0.25, 0.3) is 10.9 Å². The van der Waals surface area contributed by atoms with E-state index in [0.29, 0.717) is 21.7 Å². The summed E-state index contributed by atoms with van der Waals surface area (Å²) in [5, 5.41) is 19.0. The SMILES string of the molecule is Cc1cc2c(N=NC(=O)[C@@H](C)Oc3ccc(Cl)cc3Cl)c(O)[nH]c2cc1Br. The number of aromatic amines is 1. The maximum atomic E-state index is 12.2. The normalized spacial score (nSPS) is 12.6. The molecule has 1 heterocycles. The molecule has 0 aliphatic carbocycles. The van der Waals surface area contributed by atoms with Gasteiger partial charge < -0.3 is 14.8 Å². The number of azo groups is 1. The lowest BCUT2D eigenvalue weighted by molar-refractivity contribution is -0.124. The van der Waals surface area contributed by atoms with Crippen molar-refractivity contribution in [2.24, 2.45) is 10.2 Å². The lowest BCUT2D eigenvalue weighted by Crippen LogP contribution is -2.21. The fraction of sp³-hybridized carbons (Fsp3) is 0.167. The molecule has 0 aliphatic heterocycles. The number of rotatable bonds is 4. The number of aryl methyl sites for hydroxylation is 1. The molecule has 1 aromatic heterocycles. The van der Waals surface area contributed by atoms with Crippen molar-refractivity contribution in [3.63, 3.8) is 0 Å². The Bertz CT molecular complexity index is 1070. The lowest BCUT2D eigenvalue weighted by Gasteiger charge is -2.12. The Morgan fingerprint density at radius 2 is 2.04 bits per heavy atom. The first-order valence-corrected chi connectivity index (χ1v) is 9.39. The molecular weight excluding hydrogens is 457 g/mol. The second kappa shape index (κ2) is 7.88. The number of halogens is 3. The third kappa shape index (κ3) is 4.26. The van der Waals surface area contributed by atoms with Crippen LogP contribution < -0.4 is 4.74 Å². The third-order valence-electron chi connectivity index (χ3n) is 3.83. The molecule has 0 fully saturated rings. The Kier molecular flexibility index (Phi) is 5.74. The van der Waals surface area contributed by atoms with E-state index >= 15 is 0 Å². The van der Waals surface area contributed by atoms with Gasteiger partial charge in [-0.05, 0) is 49.7 Å². The number of H-pyrrole nitrogens is 1. The van der Waals surface area contributed by atoms with Crippen molar-refractivity contribution in [3.05, 3.63) is 50.4 Å². The number of nitrogens with one attached hydrogen (secondary N) is 1. The maximum Gasteiger partial charge on any atom is 0.304 e. The van der Waals surface area contributed by atoms with Gasteiger partial charge in [0.2, 0.25) is 5.88 Å². The molecule has 3 rings (SSSR count). The van der Waals surface area contributed by atoms with Gasteiger partial charge in [0, 0.05) is 14.9 Å². The number of benzene rings is 2. The number of carbonyl (C=O) groups is 1. The molecule has 1 atom stereocenters. The molecule has 0 aliphatic rings. The molecule has 0 saturated heterocycles. The van der Waals surface area contributed by atoms with Crippen LogP contribution in [0, 0.1) is 6.92 Å². The summed E-state index contributed by atoms with van der Waals surface area (Å²) in [6, 6.07) is 8.34. The van der Waals surface area contributed by atoms with Crippen molar-refractivity contribution < 1.29 is 14.6 Å². The molecule has 0 radical (unpaired) electrons. The molecule has 3 aromatic rings. The number of fused-ring (bicyclic) bond motifs is 1. The van der Waals surface area contributed by atoms with Gasteiger partial charge in [0.05, 0.1) is 10.5 Å². The number of hydrogen-bond acceptors (Lipinski definition) is 4. The second-order valence-electron chi connectivity index (χ2n) is 5.84. The highest BCUT2D eigenvalue weighted by Crippen LogP contribution is 2.38. The van der Waals surface area contributed by atoms with E-state index in [4.69, 9.17) is 27.9 Å². The van der Waals surface area contributed by atoms with E-state index in [9.17, 15) is 9.90 Å². The zero-order valence-corrected chi connectivity index (χ0v) is 17.4. The minimum atomic E-state index is -0.921. The van der Waals surface area contributed by atoms with Gasteiger partial charge >= 0.3 is 5.91 Å². The third-order valence-corrected chi connectivity index (χ3v) is 5.21.